The molecule has 0 radical (unpaired) electrons. The van der Waals surface area contributed by atoms with Crippen molar-refractivity contribution in [2.24, 2.45) is 0 Å². The third-order valence-corrected chi connectivity index (χ3v) is 4.30. The molecule has 0 spiro atoms. The van der Waals surface area contributed by atoms with E-state index in [-0.39, 0.29) is 5.91 Å². The second-order valence-corrected chi connectivity index (χ2v) is 7.03. The maximum Gasteiger partial charge on any atom is 0.246 e. The summed E-state index contributed by atoms with van der Waals surface area (Å²) in [5.74, 6) is -0.0632. The first-order chi connectivity index (χ1) is 11.4. The number of benzene rings is 1. The van der Waals surface area contributed by atoms with Crippen LogP contribution in [-0.4, -0.2) is 78.6 Å². The van der Waals surface area contributed by atoms with Gasteiger partial charge in [0.1, 0.15) is 0 Å². The Balaban J connectivity index is 1.83. The Morgan fingerprint density at radius 2 is 2.00 bits per heavy atom. The second kappa shape index (κ2) is 8.42. The highest BCUT2D eigenvalue weighted by atomic mass is 16.3. The molecule has 0 bridgehead atoms. The summed E-state index contributed by atoms with van der Waals surface area (Å²) in [5.41, 5.74) is 0.423. The largest absolute Gasteiger partial charge is 0.387 e. The van der Waals surface area contributed by atoms with Crippen molar-refractivity contribution < 1.29 is 9.90 Å². The summed E-state index contributed by atoms with van der Waals surface area (Å²) in [7, 11) is 5.67. The van der Waals surface area contributed by atoms with Gasteiger partial charge in [0, 0.05) is 39.3 Å². The lowest BCUT2D eigenvalue weighted by Gasteiger charge is -2.28. The third kappa shape index (κ3) is 5.74. The molecule has 132 valence electrons. The molecule has 1 N–H and O–H groups in total. The summed E-state index contributed by atoms with van der Waals surface area (Å²) >= 11 is 0. The minimum Gasteiger partial charge on any atom is -0.387 e. The summed E-state index contributed by atoms with van der Waals surface area (Å²) in [5, 5.41) is 10.8. The Morgan fingerprint density at radius 3 is 2.67 bits per heavy atom. The zero-order valence-corrected chi connectivity index (χ0v) is 15.0. The van der Waals surface area contributed by atoms with Crippen LogP contribution in [0.3, 0.4) is 0 Å². The van der Waals surface area contributed by atoms with Gasteiger partial charge in [-0.25, -0.2) is 0 Å². The van der Waals surface area contributed by atoms with Crippen molar-refractivity contribution >= 4 is 5.91 Å². The number of carbonyl (C=O) groups is 1. The second-order valence-electron chi connectivity index (χ2n) is 7.03. The van der Waals surface area contributed by atoms with E-state index in [1.54, 1.807) is 18.0 Å². The molecule has 24 heavy (non-hydrogen) atoms. The van der Waals surface area contributed by atoms with E-state index in [2.05, 4.69) is 17.0 Å². The van der Waals surface area contributed by atoms with Crippen molar-refractivity contribution in [2.75, 3.05) is 47.3 Å². The molecule has 1 aliphatic rings. The fourth-order valence-corrected chi connectivity index (χ4v) is 3.06. The lowest BCUT2D eigenvalue weighted by Crippen LogP contribution is -2.45. The van der Waals surface area contributed by atoms with Crippen LogP contribution in [-0.2, 0) is 11.3 Å². The molecule has 0 saturated carbocycles. The van der Waals surface area contributed by atoms with Gasteiger partial charge in [0.15, 0.2) is 0 Å². The minimum absolute atomic E-state index is 0.0632. The van der Waals surface area contributed by atoms with Gasteiger partial charge in [0.25, 0.3) is 0 Å². The summed E-state index contributed by atoms with van der Waals surface area (Å²) in [6.45, 7) is 3.38. The van der Waals surface area contributed by atoms with E-state index in [0.29, 0.717) is 19.5 Å². The molecular weight excluding hydrogens is 302 g/mol. The summed E-state index contributed by atoms with van der Waals surface area (Å²) in [4.78, 5) is 18.0. The average Bonchev–Trinajstić information content (AvgIpc) is 2.88. The van der Waals surface area contributed by atoms with Gasteiger partial charge in [-0.1, -0.05) is 36.4 Å². The smallest absolute Gasteiger partial charge is 0.246 e. The molecule has 1 atom stereocenters. The van der Waals surface area contributed by atoms with E-state index in [0.717, 1.165) is 19.6 Å². The van der Waals surface area contributed by atoms with Gasteiger partial charge in [-0.2, -0.15) is 0 Å². The van der Waals surface area contributed by atoms with E-state index in [1.807, 2.05) is 43.3 Å². The molecule has 1 amide bonds. The Hall–Kier alpha value is -1.69. The zero-order chi connectivity index (χ0) is 17.6. The Kier molecular flexibility index (Phi) is 6.54. The van der Waals surface area contributed by atoms with Crippen LogP contribution in [0.1, 0.15) is 12.0 Å². The van der Waals surface area contributed by atoms with Crippen LogP contribution in [0.5, 0.6) is 0 Å². The van der Waals surface area contributed by atoms with Crippen LogP contribution in [0.15, 0.2) is 42.5 Å². The number of likely N-dealkylation sites (tertiary alicyclic amines) is 1. The molecular formula is C19H29N3O2. The fraction of sp³-hybridized carbons (Fsp3) is 0.526. The molecule has 1 aliphatic heterocycles. The SMILES string of the molecule is CN(C)C/C=C/C(=O)N(C)CC1(O)CCN(Cc2ccccc2)C1. The van der Waals surface area contributed by atoms with Crippen LogP contribution < -0.4 is 0 Å². The van der Waals surface area contributed by atoms with E-state index in [4.69, 9.17) is 0 Å². The average molecular weight is 331 g/mol. The molecule has 1 saturated heterocycles. The van der Waals surface area contributed by atoms with Crippen molar-refractivity contribution in [3.8, 4) is 0 Å². The predicted molar refractivity (Wildman–Crippen MR) is 96.6 cm³/mol. The van der Waals surface area contributed by atoms with Crippen LogP contribution in [0.4, 0.5) is 0 Å². The Morgan fingerprint density at radius 1 is 1.29 bits per heavy atom. The molecule has 1 unspecified atom stereocenters. The zero-order valence-electron chi connectivity index (χ0n) is 15.0. The van der Waals surface area contributed by atoms with Gasteiger partial charge < -0.3 is 14.9 Å². The summed E-state index contributed by atoms with van der Waals surface area (Å²) < 4.78 is 0. The summed E-state index contributed by atoms with van der Waals surface area (Å²) in [6, 6.07) is 10.3. The Labute approximate surface area is 145 Å². The first-order valence-electron chi connectivity index (χ1n) is 8.43. The molecule has 1 aromatic rings. The monoisotopic (exact) mass is 331 g/mol. The van der Waals surface area contributed by atoms with Gasteiger partial charge >= 0.3 is 0 Å². The van der Waals surface area contributed by atoms with Crippen LogP contribution in [0.2, 0.25) is 0 Å². The molecule has 1 aromatic carbocycles. The summed E-state index contributed by atoms with van der Waals surface area (Å²) in [6.07, 6.45) is 4.12. The first kappa shape index (κ1) is 18.6. The number of nitrogens with zero attached hydrogens (tertiary/aromatic N) is 3. The van der Waals surface area contributed by atoms with Gasteiger partial charge in [0.05, 0.1) is 12.1 Å². The predicted octanol–water partition coefficient (Wildman–Crippen LogP) is 1.20. The number of rotatable bonds is 7. The molecule has 5 nitrogen and oxygen atoms in total. The highest BCUT2D eigenvalue weighted by Crippen LogP contribution is 2.23. The number of hydrogen-bond acceptors (Lipinski definition) is 4. The van der Waals surface area contributed by atoms with Gasteiger partial charge in [-0.3, -0.25) is 9.69 Å². The van der Waals surface area contributed by atoms with E-state index >= 15 is 0 Å². The number of amides is 1. The van der Waals surface area contributed by atoms with Crippen molar-refractivity contribution in [1.82, 2.24) is 14.7 Å². The van der Waals surface area contributed by atoms with Crippen molar-refractivity contribution in [3.63, 3.8) is 0 Å². The minimum atomic E-state index is -0.825. The molecule has 0 aliphatic carbocycles. The van der Waals surface area contributed by atoms with Gasteiger partial charge in [-0.05, 0) is 26.1 Å². The maximum absolute atomic E-state index is 12.1. The highest BCUT2D eigenvalue weighted by molar-refractivity contribution is 5.87. The van der Waals surface area contributed by atoms with Crippen molar-refractivity contribution in [2.45, 2.75) is 18.6 Å². The van der Waals surface area contributed by atoms with Gasteiger partial charge in [0.2, 0.25) is 5.91 Å². The molecule has 5 heteroatoms. The van der Waals surface area contributed by atoms with Crippen LogP contribution >= 0.6 is 0 Å². The Bertz CT molecular complexity index is 559. The highest BCUT2D eigenvalue weighted by Gasteiger charge is 2.37. The number of likely N-dealkylation sites (N-methyl/N-ethyl adjacent to an activating group) is 2. The van der Waals surface area contributed by atoms with E-state index in [9.17, 15) is 9.90 Å². The number of β-amino-alcohol motifs (C(OH)–C–C–N with tert-alkyl or cyclic N) is 1. The van der Waals surface area contributed by atoms with Crippen LogP contribution in [0.25, 0.3) is 0 Å². The number of aliphatic hydroxyl groups is 1. The number of hydrogen-bond donors (Lipinski definition) is 1. The van der Waals surface area contributed by atoms with Crippen molar-refractivity contribution in [1.29, 1.82) is 0 Å². The van der Waals surface area contributed by atoms with Crippen molar-refractivity contribution in [3.05, 3.63) is 48.0 Å². The number of carbonyl (C=O) groups excluding carboxylic acids is 1. The first-order valence-corrected chi connectivity index (χ1v) is 8.43. The normalized spacial score (nSPS) is 21.7. The lowest BCUT2D eigenvalue weighted by molar-refractivity contribution is -0.127. The topological polar surface area (TPSA) is 47.0 Å². The lowest BCUT2D eigenvalue weighted by atomic mass is 10.0. The molecule has 1 fully saturated rings. The van der Waals surface area contributed by atoms with E-state index in [1.165, 1.54) is 5.56 Å². The maximum atomic E-state index is 12.1. The quantitative estimate of drug-likeness (QED) is 0.763. The van der Waals surface area contributed by atoms with E-state index < -0.39 is 5.60 Å². The standard InChI is InChI=1S/C19H29N3O2/c1-20(2)12-7-10-18(23)21(3)15-19(24)11-13-22(16-19)14-17-8-5-4-6-9-17/h4-10,24H,11-16H2,1-3H3/b10-7+. The molecule has 1 heterocycles. The fourth-order valence-electron chi connectivity index (χ4n) is 3.06. The van der Waals surface area contributed by atoms with Gasteiger partial charge in [-0.15, -0.1) is 0 Å². The molecule has 0 aromatic heterocycles. The third-order valence-electron chi connectivity index (χ3n) is 4.30. The molecule has 2 rings (SSSR count). The van der Waals surface area contributed by atoms with Crippen LogP contribution in [0, 0.1) is 0 Å².